The number of aryl methyl sites for hydroxylation is 2. The summed E-state index contributed by atoms with van der Waals surface area (Å²) in [5, 5.41) is 0. The number of hydrogen-bond acceptors (Lipinski definition) is 4. The number of benzene rings is 3. The van der Waals surface area contributed by atoms with Gasteiger partial charge < -0.3 is 9.47 Å². The average molecular weight is 475 g/mol. The Kier molecular flexibility index (Phi) is 9.04. The molecule has 0 heterocycles. The van der Waals surface area contributed by atoms with Gasteiger partial charge in [-0.05, 0) is 72.5 Å². The van der Waals surface area contributed by atoms with Crippen molar-refractivity contribution in [3.63, 3.8) is 0 Å². The molecule has 36 heavy (non-hydrogen) atoms. The van der Waals surface area contributed by atoms with Gasteiger partial charge in [0.2, 0.25) is 0 Å². The molecule has 3 aromatic rings. The molecule has 0 radical (unpaired) electrons. The van der Waals surface area contributed by atoms with Crippen LogP contribution in [-0.2, 0) is 32.1 Å². The first-order valence-corrected chi connectivity index (χ1v) is 11.3. The third-order valence-corrected chi connectivity index (χ3v) is 5.23. The molecule has 0 unspecified atom stereocenters. The Hall–Kier alpha value is -4.80. The van der Waals surface area contributed by atoms with E-state index in [1.54, 1.807) is 0 Å². The first-order chi connectivity index (χ1) is 17.4. The third-order valence-electron chi connectivity index (χ3n) is 5.23. The maximum absolute atomic E-state index is 11.5. The predicted octanol–water partition coefficient (Wildman–Crippen LogP) is 5.56. The minimum atomic E-state index is -0.445. The molecular weight excluding hydrogens is 448 g/mol. The van der Waals surface area contributed by atoms with Gasteiger partial charge >= 0.3 is 11.9 Å². The Balaban J connectivity index is 1.69. The van der Waals surface area contributed by atoms with Crippen LogP contribution < -0.4 is 0 Å². The minimum Gasteiger partial charge on any atom is -0.458 e. The maximum atomic E-state index is 11.5. The molecule has 0 atom stereocenters. The van der Waals surface area contributed by atoms with Crippen LogP contribution in [0.2, 0.25) is 0 Å². The van der Waals surface area contributed by atoms with Crippen LogP contribution in [0.15, 0.2) is 86.2 Å². The molecule has 0 spiro atoms. The van der Waals surface area contributed by atoms with E-state index in [0.29, 0.717) is 0 Å². The third kappa shape index (κ3) is 7.62. The maximum Gasteiger partial charge on any atom is 0.330 e. The fraction of sp³-hybridized carbons (Fsp3) is 0.125. The molecule has 3 rings (SSSR count). The SMILES string of the molecule is C=COC(=O)Cc1ccc(C#Cc2cc(C)c(C#Cc3ccc(COC(=O)C=C)cc3)c(C)c2)cc1. The van der Waals surface area contributed by atoms with E-state index < -0.39 is 5.97 Å². The molecule has 0 N–H and O–H groups in total. The Labute approximate surface area is 212 Å². The standard InChI is InChI=1S/C32H26O4/c1-5-31(33)36-22-28-14-9-26(10-15-28)17-18-30-23(3)19-29(20-24(30)4)16-11-25-7-12-27(13-8-25)21-32(34)35-6-2/h5-10,12-15,19-20H,1-2,21-22H2,3-4H3. The van der Waals surface area contributed by atoms with E-state index in [4.69, 9.17) is 9.47 Å². The molecule has 0 fully saturated rings. The highest BCUT2D eigenvalue weighted by molar-refractivity contribution is 5.81. The summed E-state index contributed by atoms with van der Waals surface area (Å²) in [7, 11) is 0. The summed E-state index contributed by atoms with van der Waals surface area (Å²) in [5.74, 6) is 12.1. The molecule has 0 aliphatic heterocycles. The molecule has 0 aromatic heterocycles. The Morgan fingerprint density at radius 3 is 1.86 bits per heavy atom. The number of rotatable bonds is 6. The second kappa shape index (κ2) is 12.6. The fourth-order valence-electron chi connectivity index (χ4n) is 3.42. The van der Waals surface area contributed by atoms with E-state index in [1.807, 2.05) is 74.5 Å². The molecule has 178 valence electrons. The van der Waals surface area contributed by atoms with Crippen molar-refractivity contribution in [1.29, 1.82) is 0 Å². The number of hydrogen-bond donors (Lipinski definition) is 0. The van der Waals surface area contributed by atoms with Crippen LogP contribution in [0.25, 0.3) is 0 Å². The molecule has 0 aliphatic rings. The summed E-state index contributed by atoms with van der Waals surface area (Å²) < 4.78 is 9.79. The van der Waals surface area contributed by atoms with Crippen LogP contribution in [0.1, 0.15) is 44.5 Å². The summed E-state index contributed by atoms with van der Waals surface area (Å²) >= 11 is 0. The second-order valence-electron chi connectivity index (χ2n) is 8.02. The van der Waals surface area contributed by atoms with Gasteiger partial charge in [0, 0.05) is 28.3 Å². The van der Waals surface area contributed by atoms with Crippen molar-refractivity contribution in [3.8, 4) is 23.7 Å². The Morgan fingerprint density at radius 1 is 0.778 bits per heavy atom. The monoisotopic (exact) mass is 474 g/mol. The Bertz CT molecular complexity index is 1380. The van der Waals surface area contributed by atoms with Gasteiger partial charge in [-0.1, -0.05) is 61.1 Å². The molecule has 4 heteroatoms. The van der Waals surface area contributed by atoms with Crippen molar-refractivity contribution in [2.24, 2.45) is 0 Å². The number of ether oxygens (including phenoxy) is 2. The largest absolute Gasteiger partial charge is 0.458 e. The van der Waals surface area contributed by atoms with Gasteiger partial charge in [-0.15, -0.1) is 0 Å². The second-order valence-corrected chi connectivity index (χ2v) is 8.02. The van der Waals surface area contributed by atoms with Gasteiger partial charge in [0.05, 0.1) is 12.7 Å². The van der Waals surface area contributed by atoms with Crippen LogP contribution in [-0.4, -0.2) is 11.9 Å². The van der Waals surface area contributed by atoms with Gasteiger partial charge in [0.15, 0.2) is 0 Å². The number of carbonyl (C=O) groups is 2. The first kappa shape index (κ1) is 25.8. The summed E-state index contributed by atoms with van der Waals surface area (Å²) in [4.78, 5) is 22.7. The van der Waals surface area contributed by atoms with E-state index in [9.17, 15) is 9.59 Å². The van der Waals surface area contributed by atoms with Crippen LogP contribution in [0.4, 0.5) is 0 Å². The molecular formula is C32H26O4. The molecule has 0 saturated heterocycles. The zero-order chi connectivity index (χ0) is 25.9. The minimum absolute atomic E-state index is 0.190. The van der Waals surface area contributed by atoms with Crippen LogP contribution in [0, 0.1) is 37.5 Å². The predicted molar refractivity (Wildman–Crippen MR) is 141 cm³/mol. The van der Waals surface area contributed by atoms with Gasteiger partial charge in [-0.25, -0.2) is 4.79 Å². The summed E-state index contributed by atoms with van der Waals surface area (Å²) in [5.41, 5.74) is 7.46. The molecule has 0 amide bonds. The lowest BCUT2D eigenvalue weighted by Crippen LogP contribution is -2.03. The van der Waals surface area contributed by atoms with Crippen LogP contribution >= 0.6 is 0 Å². The lowest BCUT2D eigenvalue weighted by molar-refractivity contribution is -0.139. The van der Waals surface area contributed by atoms with E-state index in [0.717, 1.165) is 56.8 Å². The smallest absolute Gasteiger partial charge is 0.330 e. The quantitative estimate of drug-likeness (QED) is 0.203. The van der Waals surface area contributed by atoms with E-state index in [1.165, 1.54) is 0 Å². The van der Waals surface area contributed by atoms with Crippen LogP contribution in [0.3, 0.4) is 0 Å². The fourth-order valence-corrected chi connectivity index (χ4v) is 3.42. The van der Waals surface area contributed by atoms with Gasteiger partial charge in [-0.3, -0.25) is 4.79 Å². The molecule has 4 nitrogen and oxygen atoms in total. The van der Waals surface area contributed by atoms with Gasteiger partial charge in [0.1, 0.15) is 6.61 Å². The lowest BCUT2D eigenvalue weighted by Gasteiger charge is -2.05. The molecule has 0 bridgehead atoms. The summed E-state index contributed by atoms with van der Waals surface area (Å²) in [6.45, 7) is 11.0. The molecule has 3 aromatic carbocycles. The summed E-state index contributed by atoms with van der Waals surface area (Å²) in [6.07, 6.45) is 2.47. The van der Waals surface area contributed by atoms with Crippen molar-refractivity contribution in [3.05, 3.63) is 131 Å². The van der Waals surface area contributed by atoms with E-state index in [-0.39, 0.29) is 19.0 Å². The van der Waals surface area contributed by atoms with Crippen molar-refractivity contribution in [2.75, 3.05) is 0 Å². The van der Waals surface area contributed by atoms with Crippen LogP contribution in [0.5, 0.6) is 0 Å². The Morgan fingerprint density at radius 2 is 1.31 bits per heavy atom. The zero-order valence-electron chi connectivity index (χ0n) is 20.4. The van der Waals surface area contributed by atoms with Crippen molar-refractivity contribution in [1.82, 2.24) is 0 Å². The zero-order valence-corrected chi connectivity index (χ0v) is 20.4. The number of esters is 2. The van der Waals surface area contributed by atoms with E-state index >= 15 is 0 Å². The van der Waals surface area contributed by atoms with E-state index in [2.05, 4.69) is 36.8 Å². The average Bonchev–Trinajstić information content (AvgIpc) is 2.87. The summed E-state index contributed by atoms with van der Waals surface area (Å²) in [6, 6.07) is 19.1. The normalized spacial score (nSPS) is 9.61. The highest BCUT2D eigenvalue weighted by Gasteiger charge is 2.04. The van der Waals surface area contributed by atoms with Crippen molar-refractivity contribution in [2.45, 2.75) is 26.9 Å². The number of carbonyl (C=O) groups excluding carboxylic acids is 2. The molecule has 0 saturated carbocycles. The lowest BCUT2D eigenvalue weighted by atomic mass is 9.99. The topological polar surface area (TPSA) is 52.6 Å². The van der Waals surface area contributed by atoms with Crippen molar-refractivity contribution < 1.29 is 19.1 Å². The van der Waals surface area contributed by atoms with Gasteiger partial charge in [0.25, 0.3) is 0 Å². The molecule has 0 aliphatic carbocycles. The first-order valence-electron chi connectivity index (χ1n) is 11.3. The highest BCUT2D eigenvalue weighted by Crippen LogP contribution is 2.16. The van der Waals surface area contributed by atoms with Crippen molar-refractivity contribution >= 4 is 11.9 Å². The highest BCUT2D eigenvalue weighted by atomic mass is 16.5. The van der Waals surface area contributed by atoms with Gasteiger partial charge in [-0.2, -0.15) is 0 Å².